The second-order valence-electron chi connectivity index (χ2n) is 5.09. The monoisotopic (exact) mass is 312 g/mol. The van der Waals surface area contributed by atoms with Crippen LogP contribution in [0.2, 0.25) is 0 Å². The number of benzene rings is 1. The summed E-state index contributed by atoms with van der Waals surface area (Å²) >= 11 is 1.61. The third-order valence-electron chi connectivity index (χ3n) is 3.97. The SMILES string of the molecule is CCC(CC)(CN)C(=O)NCCSCc1ccccc1F. The number of hydrogen-bond acceptors (Lipinski definition) is 3. The summed E-state index contributed by atoms with van der Waals surface area (Å²) in [5.41, 5.74) is 6.00. The molecule has 3 nitrogen and oxygen atoms in total. The third kappa shape index (κ3) is 5.00. The lowest BCUT2D eigenvalue weighted by molar-refractivity contribution is -0.130. The highest BCUT2D eigenvalue weighted by atomic mass is 32.2. The first-order chi connectivity index (χ1) is 10.1. The van der Waals surface area contributed by atoms with Crippen molar-refractivity contribution in [2.24, 2.45) is 11.1 Å². The molecule has 0 unspecified atom stereocenters. The minimum absolute atomic E-state index is 0.0292. The quantitative estimate of drug-likeness (QED) is 0.689. The van der Waals surface area contributed by atoms with Gasteiger partial charge in [0.25, 0.3) is 0 Å². The smallest absolute Gasteiger partial charge is 0.227 e. The molecule has 0 aliphatic carbocycles. The van der Waals surface area contributed by atoms with Crippen LogP contribution in [0.5, 0.6) is 0 Å². The molecule has 0 aliphatic rings. The van der Waals surface area contributed by atoms with E-state index in [1.165, 1.54) is 6.07 Å². The van der Waals surface area contributed by atoms with E-state index in [1.807, 2.05) is 19.9 Å². The number of rotatable bonds is 9. The number of nitrogens with one attached hydrogen (secondary N) is 1. The zero-order valence-electron chi connectivity index (χ0n) is 12.8. The Morgan fingerprint density at radius 1 is 1.33 bits per heavy atom. The molecular formula is C16H25FN2OS. The van der Waals surface area contributed by atoms with E-state index >= 15 is 0 Å². The zero-order valence-corrected chi connectivity index (χ0v) is 13.6. The number of hydrogen-bond donors (Lipinski definition) is 2. The highest BCUT2D eigenvalue weighted by Crippen LogP contribution is 2.24. The van der Waals surface area contributed by atoms with Gasteiger partial charge in [-0.25, -0.2) is 4.39 Å². The number of halogens is 1. The first kappa shape index (κ1) is 18.0. The summed E-state index contributed by atoms with van der Waals surface area (Å²) < 4.78 is 13.4. The number of thioether (sulfide) groups is 1. The predicted octanol–water partition coefficient (Wildman–Crippen LogP) is 2.94. The van der Waals surface area contributed by atoms with Crippen LogP contribution in [0, 0.1) is 11.2 Å². The molecule has 0 aromatic heterocycles. The van der Waals surface area contributed by atoms with Gasteiger partial charge in [0.1, 0.15) is 5.82 Å². The molecule has 1 aromatic carbocycles. The minimum atomic E-state index is -0.448. The lowest BCUT2D eigenvalue weighted by Gasteiger charge is -2.28. The summed E-state index contributed by atoms with van der Waals surface area (Å²) in [7, 11) is 0. The van der Waals surface area contributed by atoms with Crippen molar-refractivity contribution in [3.8, 4) is 0 Å². The van der Waals surface area contributed by atoms with Crippen LogP contribution in [-0.2, 0) is 10.5 Å². The number of amides is 1. The van der Waals surface area contributed by atoms with Crippen LogP contribution in [0.3, 0.4) is 0 Å². The molecule has 0 heterocycles. The molecule has 0 saturated heterocycles. The Bertz CT molecular complexity index is 441. The fourth-order valence-corrected chi connectivity index (χ4v) is 3.02. The summed E-state index contributed by atoms with van der Waals surface area (Å²) in [4.78, 5) is 12.2. The molecule has 5 heteroatoms. The Kier molecular flexibility index (Phi) is 7.75. The molecule has 0 saturated carbocycles. The molecule has 1 rings (SSSR count). The van der Waals surface area contributed by atoms with Crippen LogP contribution < -0.4 is 11.1 Å². The summed E-state index contributed by atoms with van der Waals surface area (Å²) in [6.45, 7) is 4.93. The Morgan fingerprint density at radius 2 is 2.00 bits per heavy atom. The van der Waals surface area contributed by atoms with Crippen molar-refractivity contribution in [3.63, 3.8) is 0 Å². The topological polar surface area (TPSA) is 55.1 Å². The lowest BCUT2D eigenvalue weighted by Crippen LogP contribution is -2.45. The van der Waals surface area contributed by atoms with Gasteiger partial charge in [0.05, 0.1) is 5.41 Å². The number of carbonyl (C=O) groups is 1. The molecule has 0 atom stereocenters. The van der Waals surface area contributed by atoms with Gasteiger partial charge in [-0.15, -0.1) is 0 Å². The van der Waals surface area contributed by atoms with Gasteiger partial charge in [0.2, 0.25) is 5.91 Å². The van der Waals surface area contributed by atoms with Crippen molar-refractivity contribution in [1.29, 1.82) is 0 Å². The Hall–Kier alpha value is -1.07. The molecule has 0 radical (unpaired) electrons. The van der Waals surface area contributed by atoms with Crippen LogP contribution in [0.4, 0.5) is 4.39 Å². The van der Waals surface area contributed by atoms with E-state index in [2.05, 4.69) is 5.32 Å². The highest BCUT2D eigenvalue weighted by molar-refractivity contribution is 7.98. The normalized spacial score (nSPS) is 11.4. The molecule has 118 valence electrons. The molecule has 21 heavy (non-hydrogen) atoms. The van der Waals surface area contributed by atoms with Gasteiger partial charge in [-0.1, -0.05) is 32.0 Å². The standard InChI is InChI=1S/C16H25FN2OS/c1-3-16(4-2,12-18)15(20)19-9-10-21-11-13-7-5-6-8-14(13)17/h5-8H,3-4,9-12,18H2,1-2H3,(H,19,20). The Balaban J connectivity index is 2.31. The highest BCUT2D eigenvalue weighted by Gasteiger charge is 2.32. The molecule has 0 fully saturated rings. The maximum absolute atomic E-state index is 13.4. The second kappa shape index (κ2) is 9.05. The van der Waals surface area contributed by atoms with Gasteiger partial charge in [0.15, 0.2) is 0 Å². The van der Waals surface area contributed by atoms with Crippen LogP contribution in [0.1, 0.15) is 32.3 Å². The van der Waals surface area contributed by atoms with Gasteiger partial charge in [-0.3, -0.25) is 4.79 Å². The Labute approximate surface area is 130 Å². The third-order valence-corrected chi connectivity index (χ3v) is 4.98. The number of nitrogens with two attached hydrogens (primary N) is 1. The fourth-order valence-electron chi connectivity index (χ4n) is 2.17. The van der Waals surface area contributed by atoms with Crippen molar-refractivity contribution in [2.45, 2.75) is 32.4 Å². The van der Waals surface area contributed by atoms with E-state index in [0.29, 0.717) is 24.4 Å². The minimum Gasteiger partial charge on any atom is -0.355 e. The van der Waals surface area contributed by atoms with Gasteiger partial charge in [-0.05, 0) is 24.5 Å². The first-order valence-electron chi connectivity index (χ1n) is 7.39. The van der Waals surface area contributed by atoms with Gasteiger partial charge < -0.3 is 11.1 Å². The maximum Gasteiger partial charge on any atom is 0.227 e. The molecule has 0 aliphatic heterocycles. The van der Waals surface area contributed by atoms with Gasteiger partial charge in [0, 0.05) is 24.6 Å². The van der Waals surface area contributed by atoms with E-state index in [9.17, 15) is 9.18 Å². The lowest BCUT2D eigenvalue weighted by atomic mass is 9.81. The average Bonchev–Trinajstić information content (AvgIpc) is 2.51. The summed E-state index contributed by atoms with van der Waals surface area (Å²) in [5.74, 6) is 1.23. The maximum atomic E-state index is 13.4. The van der Waals surface area contributed by atoms with Gasteiger partial charge in [-0.2, -0.15) is 11.8 Å². The first-order valence-corrected chi connectivity index (χ1v) is 8.54. The van der Waals surface area contributed by atoms with Crippen LogP contribution in [0.15, 0.2) is 24.3 Å². The van der Waals surface area contributed by atoms with Crippen molar-refractivity contribution < 1.29 is 9.18 Å². The van der Waals surface area contributed by atoms with E-state index in [4.69, 9.17) is 5.73 Å². The summed E-state index contributed by atoms with van der Waals surface area (Å²) in [6, 6.07) is 6.77. The molecule has 0 bridgehead atoms. The molecule has 1 amide bonds. The second-order valence-corrected chi connectivity index (χ2v) is 6.20. The Morgan fingerprint density at radius 3 is 2.57 bits per heavy atom. The van der Waals surface area contributed by atoms with Gasteiger partial charge >= 0.3 is 0 Å². The molecule has 3 N–H and O–H groups in total. The van der Waals surface area contributed by atoms with Crippen molar-refractivity contribution >= 4 is 17.7 Å². The number of carbonyl (C=O) groups excluding carboxylic acids is 1. The fraction of sp³-hybridized carbons (Fsp3) is 0.562. The van der Waals surface area contributed by atoms with E-state index in [-0.39, 0.29) is 11.7 Å². The molecular weight excluding hydrogens is 287 g/mol. The van der Waals surface area contributed by atoms with Crippen molar-refractivity contribution in [2.75, 3.05) is 18.8 Å². The van der Waals surface area contributed by atoms with Crippen molar-refractivity contribution in [1.82, 2.24) is 5.32 Å². The zero-order chi connectivity index (χ0) is 15.7. The van der Waals surface area contributed by atoms with E-state index in [1.54, 1.807) is 23.9 Å². The van der Waals surface area contributed by atoms with Crippen LogP contribution in [0.25, 0.3) is 0 Å². The largest absolute Gasteiger partial charge is 0.355 e. The van der Waals surface area contributed by atoms with E-state index in [0.717, 1.165) is 18.6 Å². The van der Waals surface area contributed by atoms with Crippen LogP contribution >= 0.6 is 11.8 Å². The molecule has 1 aromatic rings. The summed E-state index contributed by atoms with van der Waals surface area (Å²) in [6.07, 6.45) is 1.49. The molecule has 0 spiro atoms. The van der Waals surface area contributed by atoms with Crippen LogP contribution in [-0.4, -0.2) is 24.7 Å². The van der Waals surface area contributed by atoms with Crippen molar-refractivity contribution in [3.05, 3.63) is 35.6 Å². The average molecular weight is 312 g/mol. The predicted molar refractivity (Wildman–Crippen MR) is 87.6 cm³/mol. The van der Waals surface area contributed by atoms with E-state index < -0.39 is 5.41 Å². The summed E-state index contributed by atoms with van der Waals surface area (Å²) in [5, 5.41) is 2.94.